The van der Waals surface area contributed by atoms with E-state index in [-0.39, 0.29) is 33.8 Å². The Bertz CT molecular complexity index is 2930. The first-order chi connectivity index (χ1) is 31.5. The van der Waals surface area contributed by atoms with Crippen LogP contribution in [0, 0.1) is 0 Å². The number of aliphatic hydroxyl groups is 2. The molecular weight excluding hydrogens is 883 g/mol. The van der Waals surface area contributed by atoms with Crippen molar-refractivity contribution in [1.82, 2.24) is 20.6 Å². The normalized spacial score (nSPS) is 13.9. The van der Waals surface area contributed by atoms with Crippen molar-refractivity contribution in [3.8, 4) is 68.1 Å². The van der Waals surface area contributed by atoms with Crippen molar-refractivity contribution in [2.24, 2.45) is 0 Å². The number of hydrogen-bond donors (Lipinski definition) is 4. The number of carboxylic acids is 2. The monoisotopic (exact) mass is 912 g/mol. The van der Waals surface area contributed by atoms with Crippen LogP contribution in [0.2, 0.25) is 0 Å². The maximum absolute atomic E-state index is 14.0. The topological polar surface area (TPSA) is 219 Å². The highest BCUT2D eigenvalue weighted by Crippen LogP contribution is 2.48. The van der Waals surface area contributed by atoms with Gasteiger partial charge in [-0.15, -0.1) is 0 Å². The van der Waals surface area contributed by atoms with Gasteiger partial charge in [0.25, 0.3) is 0 Å². The molecule has 4 heterocycles. The molecule has 0 saturated heterocycles. The summed E-state index contributed by atoms with van der Waals surface area (Å²) in [5.74, 6) is -3.82. The predicted octanol–water partition coefficient (Wildman–Crippen LogP) is 9.80. The predicted molar refractivity (Wildman–Crippen MR) is 216 cm³/mol. The lowest BCUT2D eigenvalue weighted by molar-refractivity contribution is -0.147. The third-order valence-corrected chi connectivity index (χ3v) is 11.2. The summed E-state index contributed by atoms with van der Waals surface area (Å²) in [6.07, 6.45) is -11.5. The molecule has 2 aliphatic carbocycles. The minimum Gasteiger partial charge on any atom is -0.479 e. The lowest BCUT2D eigenvalue weighted by Gasteiger charge is -2.17. The minimum absolute atomic E-state index is 0.122. The summed E-state index contributed by atoms with van der Waals surface area (Å²) in [7, 11) is 0. The van der Waals surface area contributed by atoms with Crippen molar-refractivity contribution in [3.63, 3.8) is 0 Å². The fourth-order valence-electron chi connectivity index (χ4n) is 8.11. The summed E-state index contributed by atoms with van der Waals surface area (Å²) in [5.41, 5.74) is 2.03. The van der Waals surface area contributed by atoms with Crippen LogP contribution in [0.15, 0.2) is 115 Å². The van der Waals surface area contributed by atoms with Crippen LogP contribution in [0.25, 0.3) is 68.1 Å². The molecule has 0 bridgehead atoms. The van der Waals surface area contributed by atoms with Crippen LogP contribution < -0.4 is 0 Å². The van der Waals surface area contributed by atoms with Gasteiger partial charge in [0, 0.05) is 33.4 Å². The van der Waals surface area contributed by atoms with Crippen molar-refractivity contribution in [3.05, 3.63) is 142 Å². The van der Waals surface area contributed by atoms with Gasteiger partial charge < -0.3 is 38.5 Å². The Morgan fingerprint density at radius 1 is 0.485 bits per heavy atom. The SMILES string of the molecule is O=C(O)[C@@H](O)c1ccc2c(c1)CCc1c-2noc1-c1noc(-c2ccccc2)c1C(F)(F)F.O=C(O)[C@H](O)c1ccc2c(c1)CCc1c-2noc1-c1noc(-c2ccccc2)c1C(F)(F)F. The van der Waals surface area contributed by atoms with Gasteiger partial charge in [0.05, 0.1) is 0 Å². The first-order valence-electron chi connectivity index (χ1n) is 19.8. The third-order valence-electron chi connectivity index (χ3n) is 11.2. The molecule has 14 nitrogen and oxygen atoms in total. The first kappa shape index (κ1) is 43.4. The number of alkyl halides is 6. The van der Waals surface area contributed by atoms with Gasteiger partial charge in [-0.1, -0.05) is 118 Å². The van der Waals surface area contributed by atoms with Gasteiger partial charge in [0.2, 0.25) is 0 Å². The highest BCUT2D eigenvalue weighted by atomic mass is 19.4. The number of fused-ring (bicyclic) bond motifs is 6. The van der Waals surface area contributed by atoms with Gasteiger partial charge in [-0.2, -0.15) is 26.3 Å². The van der Waals surface area contributed by atoms with Crippen molar-refractivity contribution < 1.29 is 74.5 Å². The molecule has 10 rings (SSSR count). The molecule has 0 aliphatic heterocycles. The maximum Gasteiger partial charge on any atom is 0.422 e. The molecule has 8 aromatic rings. The first-order valence-corrected chi connectivity index (χ1v) is 19.8. The van der Waals surface area contributed by atoms with E-state index in [0.29, 0.717) is 70.5 Å². The highest BCUT2D eigenvalue weighted by Gasteiger charge is 2.45. The van der Waals surface area contributed by atoms with Crippen LogP contribution in [-0.4, -0.2) is 53.0 Å². The maximum atomic E-state index is 14.0. The Kier molecular flexibility index (Phi) is 10.9. The van der Waals surface area contributed by atoms with Crippen molar-refractivity contribution >= 4 is 11.9 Å². The number of nitrogens with zero attached hydrogens (tertiary/aromatic N) is 4. The fourth-order valence-corrected chi connectivity index (χ4v) is 8.11. The molecule has 0 amide bonds. The van der Waals surface area contributed by atoms with E-state index in [1.165, 1.54) is 36.4 Å². The van der Waals surface area contributed by atoms with Crippen molar-refractivity contribution in [2.45, 2.75) is 50.2 Å². The second-order valence-electron chi connectivity index (χ2n) is 15.2. The Balaban J connectivity index is 0.000000166. The minimum atomic E-state index is -4.76. The average Bonchev–Trinajstić information content (AvgIpc) is 4.13. The largest absolute Gasteiger partial charge is 0.479 e. The fraction of sp³-hybridized carbons (Fsp3) is 0.174. The Labute approximate surface area is 366 Å². The van der Waals surface area contributed by atoms with E-state index in [2.05, 4.69) is 20.6 Å². The number of benzene rings is 4. The molecule has 0 saturated carbocycles. The zero-order valence-electron chi connectivity index (χ0n) is 33.5. The summed E-state index contributed by atoms with van der Waals surface area (Å²) in [6, 6.07) is 24.9. The molecule has 0 radical (unpaired) electrons. The number of aliphatic carboxylic acids is 2. The van der Waals surface area contributed by atoms with Gasteiger partial charge in [0.15, 0.2) is 46.6 Å². The number of carbonyl (C=O) groups is 2. The summed E-state index contributed by atoms with van der Waals surface area (Å²) in [5, 5.41) is 53.0. The summed E-state index contributed by atoms with van der Waals surface area (Å²) >= 11 is 0. The molecule has 66 heavy (non-hydrogen) atoms. The second kappa shape index (κ2) is 16.6. The molecule has 4 N–H and O–H groups in total. The molecule has 0 unspecified atom stereocenters. The molecular formula is C46H30F6N4O10. The lowest BCUT2D eigenvalue weighted by Crippen LogP contribution is -2.12. The van der Waals surface area contributed by atoms with E-state index in [1.807, 2.05) is 0 Å². The smallest absolute Gasteiger partial charge is 0.422 e. The van der Waals surface area contributed by atoms with Gasteiger partial charge in [-0.05, 0) is 47.9 Å². The van der Waals surface area contributed by atoms with Crippen LogP contribution in [0.1, 0.15) is 56.7 Å². The van der Waals surface area contributed by atoms with E-state index in [9.17, 15) is 46.1 Å². The van der Waals surface area contributed by atoms with Crippen LogP contribution in [0.3, 0.4) is 0 Å². The van der Waals surface area contributed by atoms with Crippen molar-refractivity contribution in [2.75, 3.05) is 0 Å². The highest BCUT2D eigenvalue weighted by molar-refractivity contribution is 5.82. The summed E-state index contributed by atoms with van der Waals surface area (Å²) in [4.78, 5) is 22.1. The van der Waals surface area contributed by atoms with Crippen LogP contribution >= 0.6 is 0 Å². The molecule has 0 fully saturated rings. The molecule has 4 aromatic heterocycles. The molecule has 336 valence electrons. The van der Waals surface area contributed by atoms with Crippen LogP contribution in [0.4, 0.5) is 26.3 Å². The molecule has 20 heteroatoms. The third kappa shape index (κ3) is 7.78. The Morgan fingerprint density at radius 3 is 1.18 bits per heavy atom. The van der Waals surface area contributed by atoms with E-state index in [4.69, 9.17) is 28.3 Å². The van der Waals surface area contributed by atoms with Gasteiger partial charge in [-0.25, -0.2) is 9.59 Å². The molecule has 4 aromatic carbocycles. The molecule has 0 spiro atoms. The number of halogens is 6. The van der Waals surface area contributed by atoms with E-state index < -0.39 is 70.5 Å². The summed E-state index contributed by atoms with van der Waals surface area (Å²) in [6.45, 7) is 0. The number of carboxylic acid groups (broad SMARTS) is 2. The van der Waals surface area contributed by atoms with Gasteiger partial charge >= 0.3 is 24.3 Å². The lowest BCUT2D eigenvalue weighted by atomic mass is 9.86. The van der Waals surface area contributed by atoms with Crippen LogP contribution in [0.5, 0.6) is 0 Å². The van der Waals surface area contributed by atoms with E-state index >= 15 is 0 Å². The number of hydrogen-bond acceptors (Lipinski definition) is 12. The van der Waals surface area contributed by atoms with Crippen molar-refractivity contribution in [1.29, 1.82) is 0 Å². The zero-order chi connectivity index (χ0) is 46.7. The van der Waals surface area contributed by atoms with Crippen LogP contribution in [-0.2, 0) is 47.6 Å². The van der Waals surface area contributed by atoms with Gasteiger partial charge in [0.1, 0.15) is 22.5 Å². The Morgan fingerprint density at radius 2 is 0.833 bits per heavy atom. The quantitative estimate of drug-likeness (QED) is 0.104. The second-order valence-corrected chi connectivity index (χ2v) is 15.2. The summed E-state index contributed by atoms with van der Waals surface area (Å²) < 4.78 is 105. The number of aryl methyl sites for hydroxylation is 2. The molecule has 2 atom stereocenters. The van der Waals surface area contributed by atoms with Gasteiger partial charge in [-0.3, -0.25) is 0 Å². The molecule has 2 aliphatic rings. The van der Waals surface area contributed by atoms with E-state index in [0.717, 1.165) is 0 Å². The average molecular weight is 913 g/mol. The standard InChI is InChI=1S/2C23H15F3N2O5/c2*24-23(25,26)16-18(28-32-20(16)11-4-2-1-3-5-11)21-15-9-6-12-10-13(19(29)22(30)31)7-8-14(12)17(15)27-33-21/h2*1-5,7-8,10,19,29H,6,9H2,(H,30,31)/t2*19-/m10/s1. The number of aromatic nitrogens is 4. The van der Waals surface area contributed by atoms with E-state index in [1.54, 1.807) is 60.7 Å². The Hall–Kier alpha value is -7.84. The zero-order valence-corrected chi connectivity index (χ0v) is 33.5. The number of rotatable bonds is 8. The number of aliphatic hydroxyl groups excluding tert-OH is 2.